The predicted octanol–water partition coefficient (Wildman–Crippen LogP) is -8.84. The van der Waals surface area contributed by atoms with Crippen molar-refractivity contribution in [2.75, 3.05) is 32.7 Å². The van der Waals surface area contributed by atoms with Gasteiger partial charge in [-0.15, -0.1) is 0 Å². The number of benzene rings is 1. The summed E-state index contributed by atoms with van der Waals surface area (Å²) in [6, 6.07) is 8.31. The van der Waals surface area contributed by atoms with E-state index in [9.17, 15) is 0 Å². The molecule has 4 N–H and O–H groups in total. The van der Waals surface area contributed by atoms with Gasteiger partial charge in [0.05, 0.1) is 6.54 Å². The maximum absolute atomic E-state index is 6.12. The van der Waals surface area contributed by atoms with Crippen LogP contribution in [-0.2, 0) is 0 Å². The molecule has 1 aromatic carbocycles. The van der Waals surface area contributed by atoms with Crippen molar-refractivity contribution in [1.82, 2.24) is 0 Å². The monoisotopic (exact) mass is 454 g/mol. The van der Waals surface area contributed by atoms with Crippen LogP contribution in [0.4, 0.5) is 5.69 Å². The molecule has 2 aliphatic heterocycles. The highest BCUT2D eigenvalue weighted by atomic mass is 35.5. The van der Waals surface area contributed by atoms with Crippen molar-refractivity contribution in [1.29, 1.82) is 0 Å². The van der Waals surface area contributed by atoms with Gasteiger partial charge in [0.2, 0.25) is 0 Å². The molecule has 1 saturated heterocycles. The summed E-state index contributed by atoms with van der Waals surface area (Å²) >= 11 is 6.12. The second-order valence-electron chi connectivity index (χ2n) is 6.94. The lowest BCUT2D eigenvalue weighted by Gasteiger charge is -2.29. The highest BCUT2D eigenvalue weighted by molar-refractivity contribution is 6.30. The quantitative estimate of drug-likeness (QED) is 0.342. The van der Waals surface area contributed by atoms with E-state index in [-0.39, 0.29) is 37.2 Å². The van der Waals surface area contributed by atoms with Crippen LogP contribution in [0.2, 0.25) is 5.02 Å². The molecule has 154 valence electrons. The average molecular weight is 456 g/mol. The number of quaternary nitrogens is 3. The molecule has 0 bridgehead atoms. The fourth-order valence-corrected chi connectivity index (χ4v) is 3.76. The fourth-order valence-electron chi connectivity index (χ4n) is 3.57. The number of piperazine rings is 1. The second-order valence-corrected chi connectivity index (χ2v) is 7.37. The van der Waals surface area contributed by atoms with Crippen molar-refractivity contribution in [3.05, 3.63) is 41.1 Å². The highest BCUT2D eigenvalue weighted by Gasteiger charge is 2.25. The van der Waals surface area contributed by atoms with E-state index < -0.39 is 0 Å². The van der Waals surface area contributed by atoms with E-state index in [1.807, 2.05) is 6.07 Å². The van der Waals surface area contributed by atoms with Gasteiger partial charge in [0, 0.05) is 30.0 Å². The zero-order valence-electron chi connectivity index (χ0n) is 15.8. The molecule has 0 aromatic heterocycles. The minimum absolute atomic E-state index is 0. The predicted molar refractivity (Wildman–Crippen MR) is 99.0 cm³/mol. The molecule has 0 radical (unpaired) electrons. The third-order valence-electron chi connectivity index (χ3n) is 5.10. The van der Waals surface area contributed by atoms with Gasteiger partial charge in [-0.1, -0.05) is 36.1 Å². The van der Waals surface area contributed by atoms with Crippen molar-refractivity contribution in [3.63, 3.8) is 0 Å². The molecule has 8 heteroatoms. The Morgan fingerprint density at radius 3 is 2.48 bits per heavy atom. The number of nitrogens with two attached hydrogens (primary N) is 1. The topological polar surface area (TPSA) is 37.9 Å². The number of unbranched alkanes of at least 4 members (excludes halogenated alkanes) is 1. The van der Waals surface area contributed by atoms with Gasteiger partial charge >= 0.3 is 0 Å². The molecule has 4 nitrogen and oxygen atoms in total. The summed E-state index contributed by atoms with van der Waals surface area (Å²) in [6.45, 7) is 8.27. The van der Waals surface area contributed by atoms with Gasteiger partial charge in [-0.2, -0.15) is 5.43 Å². The number of allylic oxidation sites excluding steroid dienone is 2. The number of rotatable bonds is 7. The van der Waals surface area contributed by atoms with Crippen LogP contribution in [0.25, 0.3) is 0 Å². The number of hydrogen-bond acceptors (Lipinski definition) is 1. The van der Waals surface area contributed by atoms with Crippen molar-refractivity contribution in [2.24, 2.45) is 5.10 Å². The first kappa shape index (κ1) is 26.7. The van der Waals surface area contributed by atoms with Crippen molar-refractivity contribution in [3.8, 4) is 0 Å². The summed E-state index contributed by atoms with van der Waals surface area (Å²) < 4.78 is 0. The van der Waals surface area contributed by atoms with Crippen LogP contribution in [0.3, 0.4) is 0 Å². The zero-order valence-corrected chi connectivity index (χ0v) is 18.8. The third kappa shape index (κ3) is 8.28. The first-order valence-electron chi connectivity index (χ1n) is 9.29. The molecular formula is C19H30Cl4N4. The van der Waals surface area contributed by atoms with Crippen LogP contribution >= 0.6 is 11.6 Å². The van der Waals surface area contributed by atoms with E-state index in [1.165, 1.54) is 69.1 Å². The molecule has 0 unspecified atom stereocenters. The Morgan fingerprint density at radius 1 is 1.07 bits per heavy atom. The minimum Gasteiger partial charge on any atom is -1.00 e. The molecule has 1 fully saturated rings. The molecule has 2 aliphatic rings. The summed E-state index contributed by atoms with van der Waals surface area (Å²) in [7, 11) is 0. The minimum atomic E-state index is 0. The van der Waals surface area contributed by atoms with Gasteiger partial charge in [-0.25, -0.2) is 0 Å². The lowest BCUT2D eigenvalue weighted by molar-refractivity contribution is -0.986. The van der Waals surface area contributed by atoms with E-state index in [2.05, 4.69) is 41.7 Å². The van der Waals surface area contributed by atoms with Crippen LogP contribution in [-0.4, -0.2) is 38.4 Å². The maximum atomic E-state index is 6.12. The molecular weight excluding hydrogens is 426 g/mol. The smallest absolute Gasteiger partial charge is 0.134 e. The van der Waals surface area contributed by atoms with Gasteiger partial charge in [0.15, 0.2) is 0 Å². The Labute approximate surface area is 186 Å². The van der Waals surface area contributed by atoms with E-state index in [4.69, 9.17) is 11.6 Å². The first-order valence-corrected chi connectivity index (χ1v) is 9.67. The fraction of sp³-hybridized carbons (Fsp3) is 0.526. The summed E-state index contributed by atoms with van der Waals surface area (Å²) in [6.07, 6.45) is 7.11. The Hall–Kier alpha value is -0.330. The lowest BCUT2D eigenvalue weighted by Crippen LogP contribution is -3.26. The van der Waals surface area contributed by atoms with Crippen LogP contribution in [0.15, 0.2) is 41.1 Å². The molecule has 0 aliphatic carbocycles. The first-order chi connectivity index (χ1) is 11.7. The standard InChI is InChI=1S/C19H27ClN4.3ClH/c1-2-3-6-17-15-18(22-21-17)8-9-23-10-12-24(13-11-23)19-7-4-5-16(20)14-19;;;/h4-5,7,14-15H,2-3,6,8-13H2,1H3,(H,21,22);3*1H. The van der Waals surface area contributed by atoms with E-state index in [0.29, 0.717) is 0 Å². The number of hydrogen-bond donors (Lipinski definition) is 3. The Morgan fingerprint density at radius 2 is 1.81 bits per heavy atom. The summed E-state index contributed by atoms with van der Waals surface area (Å²) in [5.74, 6) is 0. The molecule has 0 spiro atoms. The number of nitrogens with zero attached hydrogens (tertiary/aromatic N) is 1. The molecule has 3 rings (SSSR count). The largest absolute Gasteiger partial charge is 1.00 e. The highest BCUT2D eigenvalue weighted by Crippen LogP contribution is 2.11. The van der Waals surface area contributed by atoms with Gasteiger partial charge < -0.3 is 42.1 Å². The molecule has 0 amide bonds. The molecule has 0 atom stereocenters. The maximum Gasteiger partial charge on any atom is 0.134 e. The van der Waals surface area contributed by atoms with E-state index in [0.717, 1.165) is 11.4 Å². The van der Waals surface area contributed by atoms with E-state index in [1.54, 1.807) is 9.80 Å². The molecule has 2 heterocycles. The van der Waals surface area contributed by atoms with Crippen molar-refractivity contribution in [2.45, 2.75) is 32.6 Å². The molecule has 1 aromatic rings. The second kappa shape index (κ2) is 13.8. The Kier molecular flexibility index (Phi) is 13.6. The SMILES string of the molecule is CCCCC1=CC(CC[NH+]2CC[NH+](c3cccc(Cl)c3)CC2)=N[NH2+]1.[Cl-].[Cl-].[Cl-]. The summed E-state index contributed by atoms with van der Waals surface area (Å²) in [4.78, 5) is 3.27. The van der Waals surface area contributed by atoms with Crippen LogP contribution in [0.1, 0.15) is 32.6 Å². The zero-order chi connectivity index (χ0) is 16.8. The Balaban J connectivity index is 0.00000225. The average Bonchev–Trinajstić information content (AvgIpc) is 3.06. The van der Waals surface area contributed by atoms with Crippen molar-refractivity contribution >= 4 is 23.0 Å². The normalized spacial score (nSPS) is 21.3. The van der Waals surface area contributed by atoms with Crippen LogP contribution in [0, 0.1) is 0 Å². The van der Waals surface area contributed by atoms with E-state index >= 15 is 0 Å². The Bertz CT molecular complexity index is 613. The summed E-state index contributed by atoms with van der Waals surface area (Å²) in [5, 5.41) is 5.44. The van der Waals surface area contributed by atoms with Crippen molar-refractivity contribution < 1.29 is 52.4 Å². The van der Waals surface area contributed by atoms with Crippen LogP contribution < -0.4 is 52.4 Å². The van der Waals surface area contributed by atoms with Gasteiger partial charge in [0.25, 0.3) is 0 Å². The van der Waals surface area contributed by atoms with Gasteiger partial charge in [-0.05, 0) is 18.6 Å². The van der Waals surface area contributed by atoms with Gasteiger partial charge in [0.1, 0.15) is 43.3 Å². The summed E-state index contributed by atoms with van der Waals surface area (Å²) in [5.41, 5.74) is 6.09. The molecule has 0 saturated carbocycles. The molecule has 27 heavy (non-hydrogen) atoms. The van der Waals surface area contributed by atoms with Crippen LogP contribution in [0.5, 0.6) is 0 Å². The van der Waals surface area contributed by atoms with Gasteiger partial charge in [-0.3, -0.25) is 4.90 Å². The number of nitrogens with one attached hydrogen (secondary N) is 2. The third-order valence-corrected chi connectivity index (χ3v) is 5.33. The lowest BCUT2D eigenvalue weighted by atomic mass is 10.1. The number of halogens is 4.